The summed E-state index contributed by atoms with van der Waals surface area (Å²) < 4.78 is 39.2. The number of phenols is 1. The second-order valence-electron chi connectivity index (χ2n) is 14.2. The zero-order chi connectivity index (χ0) is 30.5. The Hall–Kier alpha value is -3.63. The van der Waals surface area contributed by atoms with E-state index in [0.717, 1.165) is 74.5 Å². The summed E-state index contributed by atoms with van der Waals surface area (Å²) in [6.07, 6.45) is 8.66. The Bertz CT molecular complexity index is 1840. The number of aryl methyl sites for hydroxylation is 1. The SMILES string of the molecule is Cc1cccc2cc(O)cc(-c3ncc4c(N5CC6CCC(C5)N6)nc(OCC56CCCN5C5CCCC5(F)C6)nc4c3F)c12. The van der Waals surface area contributed by atoms with Crippen LogP contribution in [-0.2, 0) is 0 Å². The largest absolute Gasteiger partial charge is 0.508 e. The first-order valence-electron chi connectivity index (χ1n) is 16.5. The molecule has 1 aliphatic carbocycles. The summed E-state index contributed by atoms with van der Waals surface area (Å²) in [6, 6.07) is 9.81. The van der Waals surface area contributed by atoms with Crippen molar-refractivity contribution in [3.8, 4) is 23.0 Å². The number of benzene rings is 2. The third kappa shape index (κ3) is 4.24. The van der Waals surface area contributed by atoms with Crippen LogP contribution in [0.15, 0.2) is 36.5 Å². The van der Waals surface area contributed by atoms with Crippen LogP contribution in [0.2, 0.25) is 0 Å². The maximum absolute atomic E-state index is 16.8. The first kappa shape index (κ1) is 27.7. The van der Waals surface area contributed by atoms with Crippen LogP contribution in [0.3, 0.4) is 0 Å². The summed E-state index contributed by atoms with van der Waals surface area (Å²) in [6.45, 7) is 4.64. The number of halogens is 2. The highest BCUT2D eigenvalue weighted by Crippen LogP contribution is 2.55. The number of nitrogens with one attached hydrogen (secondary N) is 1. The van der Waals surface area contributed by atoms with Gasteiger partial charge in [-0.3, -0.25) is 9.88 Å². The van der Waals surface area contributed by atoms with Gasteiger partial charge in [0.25, 0.3) is 0 Å². The third-order valence-electron chi connectivity index (χ3n) is 11.4. The summed E-state index contributed by atoms with van der Waals surface area (Å²) in [4.78, 5) is 18.8. The van der Waals surface area contributed by atoms with Gasteiger partial charge in [0.1, 0.15) is 35.1 Å². The van der Waals surface area contributed by atoms with Gasteiger partial charge in [0.15, 0.2) is 5.82 Å². The van der Waals surface area contributed by atoms with Crippen molar-refractivity contribution in [3.63, 3.8) is 0 Å². The Balaban J connectivity index is 1.15. The first-order chi connectivity index (χ1) is 21.8. The van der Waals surface area contributed by atoms with E-state index in [1.54, 1.807) is 18.3 Å². The molecule has 2 bridgehead atoms. The molecular weight excluding hydrogens is 574 g/mol. The van der Waals surface area contributed by atoms with Gasteiger partial charge in [0.05, 0.1) is 10.9 Å². The maximum Gasteiger partial charge on any atom is 0.319 e. The predicted molar refractivity (Wildman–Crippen MR) is 169 cm³/mol. The van der Waals surface area contributed by atoms with Crippen LogP contribution in [0, 0.1) is 12.7 Å². The third-order valence-corrected chi connectivity index (χ3v) is 11.4. The normalized spacial score (nSPS) is 30.8. The molecule has 2 aromatic heterocycles. The molecule has 5 fully saturated rings. The molecule has 8 nitrogen and oxygen atoms in total. The van der Waals surface area contributed by atoms with Crippen LogP contribution < -0.4 is 15.0 Å². The van der Waals surface area contributed by atoms with Gasteiger partial charge < -0.3 is 20.1 Å². The molecule has 5 aliphatic rings. The number of hydrogen-bond donors (Lipinski definition) is 2. The Labute approximate surface area is 260 Å². The summed E-state index contributed by atoms with van der Waals surface area (Å²) in [5.74, 6) is 0.0859. The number of aromatic nitrogens is 3. The standard InChI is InChI=1S/C35H38F2N6O2/c1-20-5-2-6-21-13-24(44)14-25(28(20)21)30-29(36)31-26(15-38-30)32(42-16-22-8-9-23(17-42)39-22)41-33(40-31)45-19-34-10-4-12-43(34)27-7-3-11-35(27,37)18-34/h2,5-6,13-15,22-23,27,39,44H,3-4,7-12,16-19H2,1H3. The minimum absolute atomic E-state index is 0.0420. The van der Waals surface area contributed by atoms with Gasteiger partial charge in [-0.15, -0.1) is 0 Å². The number of pyridine rings is 1. The molecule has 1 saturated carbocycles. The van der Waals surface area contributed by atoms with E-state index in [-0.39, 0.29) is 41.2 Å². The highest BCUT2D eigenvalue weighted by atomic mass is 19.1. The number of anilines is 1. The van der Waals surface area contributed by atoms with E-state index in [1.807, 2.05) is 25.1 Å². The highest BCUT2D eigenvalue weighted by molar-refractivity contribution is 6.01. The summed E-state index contributed by atoms with van der Waals surface area (Å²) in [5, 5.41) is 16.4. The topological polar surface area (TPSA) is 86.6 Å². The zero-order valence-electron chi connectivity index (χ0n) is 25.5. The first-order valence-corrected chi connectivity index (χ1v) is 16.5. The number of piperazine rings is 1. The molecule has 45 heavy (non-hydrogen) atoms. The van der Waals surface area contributed by atoms with Gasteiger partial charge in [-0.05, 0) is 86.9 Å². The van der Waals surface area contributed by atoms with Gasteiger partial charge in [-0.2, -0.15) is 9.97 Å². The number of nitrogens with zero attached hydrogens (tertiary/aromatic N) is 5. The van der Waals surface area contributed by atoms with Crippen LogP contribution in [0.1, 0.15) is 56.9 Å². The fourth-order valence-electron chi connectivity index (χ4n) is 9.51. The number of rotatable bonds is 5. The van der Waals surface area contributed by atoms with Crippen LogP contribution in [-0.4, -0.2) is 80.5 Å². The fourth-order valence-corrected chi connectivity index (χ4v) is 9.51. The van der Waals surface area contributed by atoms with Crippen molar-refractivity contribution in [2.75, 3.05) is 31.1 Å². The Kier molecular flexibility index (Phi) is 6.11. The van der Waals surface area contributed by atoms with Crippen molar-refractivity contribution >= 4 is 27.5 Å². The number of aromatic hydroxyl groups is 1. The molecule has 10 heteroatoms. The second-order valence-corrected chi connectivity index (χ2v) is 14.2. The summed E-state index contributed by atoms with van der Waals surface area (Å²) in [7, 11) is 0. The van der Waals surface area contributed by atoms with Gasteiger partial charge in [-0.25, -0.2) is 8.78 Å². The molecule has 4 aromatic rings. The number of hydrogen-bond acceptors (Lipinski definition) is 8. The maximum atomic E-state index is 16.8. The fraction of sp³-hybridized carbons (Fsp3) is 0.514. The van der Waals surface area contributed by atoms with E-state index in [2.05, 4.69) is 20.1 Å². The van der Waals surface area contributed by atoms with Crippen molar-refractivity contribution in [2.45, 2.75) is 87.6 Å². The average molecular weight is 613 g/mol. The molecule has 0 amide bonds. The van der Waals surface area contributed by atoms with Crippen molar-refractivity contribution in [3.05, 3.63) is 47.9 Å². The zero-order valence-corrected chi connectivity index (χ0v) is 25.5. The van der Waals surface area contributed by atoms with E-state index in [0.29, 0.717) is 41.7 Å². The predicted octanol–water partition coefficient (Wildman–Crippen LogP) is 5.82. The van der Waals surface area contributed by atoms with E-state index < -0.39 is 11.5 Å². The lowest BCUT2D eigenvalue weighted by Crippen LogP contribution is -2.51. The van der Waals surface area contributed by atoms with Gasteiger partial charge in [-0.1, -0.05) is 18.2 Å². The molecule has 4 saturated heterocycles. The molecule has 2 aromatic carbocycles. The van der Waals surface area contributed by atoms with Crippen molar-refractivity contribution < 1.29 is 18.6 Å². The van der Waals surface area contributed by atoms with E-state index in [1.165, 1.54) is 0 Å². The molecule has 6 heterocycles. The summed E-state index contributed by atoms with van der Waals surface area (Å²) in [5.41, 5.74) is 0.191. The molecule has 0 radical (unpaired) electrons. The van der Waals surface area contributed by atoms with Crippen molar-refractivity contribution in [1.29, 1.82) is 0 Å². The Morgan fingerprint density at radius 3 is 2.78 bits per heavy atom. The summed E-state index contributed by atoms with van der Waals surface area (Å²) >= 11 is 0. The van der Waals surface area contributed by atoms with Crippen LogP contribution in [0.25, 0.3) is 32.9 Å². The number of ether oxygens (including phenoxy) is 1. The van der Waals surface area contributed by atoms with Crippen LogP contribution >= 0.6 is 0 Å². The quantitative estimate of drug-likeness (QED) is 0.292. The van der Waals surface area contributed by atoms with Crippen molar-refractivity contribution in [1.82, 2.24) is 25.2 Å². The van der Waals surface area contributed by atoms with Gasteiger partial charge in [0.2, 0.25) is 0 Å². The van der Waals surface area contributed by atoms with Crippen LogP contribution in [0.4, 0.5) is 14.6 Å². The lowest BCUT2D eigenvalue weighted by Gasteiger charge is -2.35. The highest BCUT2D eigenvalue weighted by Gasteiger charge is 2.63. The smallest absolute Gasteiger partial charge is 0.319 e. The number of fused-ring (bicyclic) bond motifs is 7. The molecule has 234 valence electrons. The monoisotopic (exact) mass is 612 g/mol. The molecule has 5 atom stereocenters. The van der Waals surface area contributed by atoms with E-state index in [9.17, 15) is 5.11 Å². The molecular formula is C35H38F2N6O2. The lowest BCUT2D eigenvalue weighted by atomic mass is 9.88. The number of phenolic OH excluding ortho intramolecular Hbond substituents is 1. The lowest BCUT2D eigenvalue weighted by molar-refractivity contribution is 0.0811. The molecule has 4 aliphatic heterocycles. The Morgan fingerprint density at radius 1 is 1.09 bits per heavy atom. The Morgan fingerprint density at radius 2 is 1.93 bits per heavy atom. The minimum atomic E-state index is -1.16. The van der Waals surface area contributed by atoms with Gasteiger partial charge >= 0.3 is 6.01 Å². The molecule has 2 N–H and O–H groups in total. The minimum Gasteiger partial charge on any atom is -0.508 e. The van der Waals surface area contributed by atoms with E-state index >= 15 is 8.78 Å². The molecule has 5 unspecified atom stereocenters. The number of alkyl halides is 1. The van der Waals surface area contributed by atoms with Gasteiger partial charge in [0, 0.05) is 49.4 Å². The molecule has 0 spiro atoms. The van der Waals surface area contributed by atoms with Crippen LogP contribution in [0.5, 0.6) is 11.8 Å². The van der Waals surface area contributed by atoms with E-state index in [4.69, 9.17) is 14.7 Å². The molecule has 9 rings (SSSR count). The average Bonchev–Trinajstić information content (AvgIpc) is 3.74. The second kappa shape index (κ2) is 9.93. The van der Waals surface area contributed by atoms with Crippen molar-refractivity contribution in [2.24, 2.45) is 0 Å².